The standard InChI is InChI=1S/C24H27N5O/c1-18-8-6-10-20(16-18)25-24(30)26-21-11-7-9-19(17-21)22-12-13-23(28-27-22)29-14-4-2-3-5-15-29/h6-13,16-17H,2-5,14-15H2,1H3,(H2,25,26,30). The normalized spacial score (nSPS) is 14.1. The zero-order chi connectivity index (χ0) is 20.8. The Morgan fingerprint density at radius 1 is 0.833 bits per heavy atom. The van der Waals surface area contributed by atoms with E-state index in [1.165, 1.54) is 25.7 Å². The predicted molar refractivity (Wildman–Crippen MR) is 122 cm³/mol. The van der Waals surface area contributed by atoms with Gasteiger partial charge in [0.1, 0.15) is 0 Å². The van der Waals surface area contributed by atoms with E-state index in [9.17, 15) is 4.79 Å². The van der Waals surface area contributed by atoms with Gasteiger partial charge in [-0.1, -0.05) is 37.1 Å². The second-order valence-electron chi connectivity index (χ2n) is 7.71. The van der Waals surface area contributed by atoms with Gasteiger partial charge in [-0.25, -0.2) is 4.79 Å². The Labute approximate surface area is 177 Å². The van der Waals surface area contributed by atoms with Crippen molar-refractivity contribution in [2.24, 2.45) is 0 Å². The van der Waals surface area contributed by atoms with Gasteiger partial charge in [0.15, 0.2) is 5.82 Å². The molecule has 1 saturated heterocycles. The molecule has 2 heterocycles. The van der Waals surface area contributed by atoms with E-state index in [1.54, 1.807) is 0 Å². The SMILES string of the molecule is Cc1cccc(NC(=O)Nc2cccc(-c3ccc(N4CCCCCC4)nn3)c2)c1. The summed E-state index contributed by atoms with van der Waals surface area (Å²) in [6.07, 6.45) is 5.00. The van der Waals surface area contributed by atoms with Gasteiger partial charge in [-0.15, -0.1) is 10.2 Å². The minimum atomic E-state index is -0.277. The van der Waals surface area contributed by atoms with Crippen molar-refractivity contribution in [3.05, 3.63) is 66.2 Å². The van der Waals surface area contributed by atoms with Gasteiger partial charge in [0.2, 0.25) is 0 Å². The van der Waals surface area contributed by atoms with Gasteiger partial charge in [0.25, 0.3) is 0 Å². The maximum Gasteiger partial charge on any atom is 0.323 e. The number of anilines is 3. The van der Waals surface area contributed by atoms with Crippen LogP contribution in [0.4, 0.5) is 22.0 Å². The summed E-state index contributed by atoms with van der Waals surface area (Å²) in [5, 5.41) is 14.6. The number of aryl methyl sites for hydroxylation is 1. The molecule has 0 unspecified atom stereocenters. The molecule has 3 aromatic rings. The maximum atomic E-state index is 12.3. The number of aromatic nitrogens is 2. The quantitative estimate of drug-likeness (QED) is 0.608. The lowest BCUT2D eigenvalue weighted by atomic mass is 10.1. The highest BCUT2D eigenvalue weighted by atomic mass is 16.2. The van der Waals surface area contributed by atoms with E-state index in [0.29, 0.717) is 5.69 Å². The topological polar surface area (TPSA) is 70.2 Å². The number of nitrogens with one attached hydrogen (secondary N) is 2. The summed E-state index contributed by atoms with van der Waals surface area (Å²) in [4.78, 5) is 14.6. The van der Waals surface area contributed by atoms with Crippen LogP contribution in [0.15, 0.2) is 60.7 Å². The molecule has 6 heteroatoms. The summed E-state index contributed by atoms with van der Waals surface area (Å²) in [7, 11) is 0. The van der Waals surface area contributed by atoms with Gasteiger partial charge in [-0.3, -0.25) is 0 Å². The van der Waals surface area contributed by atoms with Gasteiger partial charge in [0, 0.05) is 30.0 Å². The lowest BCUT2D eigenvalue weighted by molar-refractivity contribution is 0.262. The second-order valence-corrected chi connectivity index (χ2v) is 7.71. The average molecular weight is 402 g/mol. The smallest absolute Gasteiger partial charge is 0.323 e. The Balaban J connectivity index is 1.43. The Morgan fingerprint density at radius 3 is 2.20 bits per heavy atom. The van der Waals surface area contributed by atoms with Crippen molar-refractivity contribution in [2.45, 2.75) is 32.6 Å². The zero-order valence-corrected chi connectivity index (χ0v) is 17.3. The molecule has 0 bridgehead atoms. The van der Waals surface area contributed by atoms with Crippen LogP contribution in [-0.4, -0.2) is 29.3 Å². The molecule has 2 amide bonds. The summed E-state index contributed by atoms with van der Waals surface area (Å²) in [5.41, 5.74) is 4.27. The summed E-state index contributed by atoms with van der Waals surface area (Å²) in [6, 6.07) is 19.1. The van der Waals surface area contributed by atoms with Crippen molar-refractivity contribution in [3.63, 3.8) is 0 Å². The molecule has 6 nitrogen and oxygen atoms in total. The minimum Gasteiger partial charge on any atom is -0.355 e. The fourth-order valence-electron chi connectivity index (χ4n) is 3.72. The van der Waals surface area contributed by atoms with E-state index in [1.807, 2.05) is 67.6 Å². The molecular weight excluding hydrogens is 374 g/mol. The highest BCUT2D eigenvalue weighted by molar-refractivity contribution is 6.00. The number of nitrogens with zero attached hydrogens (tertiary/aromatic N) is 3. The van der Waals surface area contributed by atoms with Crippen LogP contribution in [0.1, 0.15) is 31.2 Å². The van der Waals surface area contributed by atoms with Crippen molar-refractivity contribution >= 4 is 23.2 Å². The number of carbonyl (C=O) groups is 1. The van der Waals surface area contributed by atoms with Crippen LogP contribution in [0.3, 0.4) is 0 Å². The van der Waals surface area contributed by atoms with Gasteiger partial charge in [0.05, 0.1) is 5.69 Å². The molecule has 1 aliphatic heterocycles. The lowest BCUT2D eigenvalue weighted by Crippen LogP contribution is -2.25. The second kappa shape index (κ2) is 9.39. The Bertz CT molecular complexity index is 994. The van der Waals surface area contributed by atoms with Crippen LogP contribution in [0.2, 0.25) is 0 Å². The Hall–Kier alpha value is -3.41. The number of rotatable bonds is 4. The van der Waals surface area contributed by atoms with E-state index in [4.69, 9.17) is 0 Å². The monoisotopic (exact) mass is 401 g/mol. The van der Waals surface area contributed by atoms with Gasteiger partial charge in [-0.05, 0) is 61.7 Å². The summed E-state index contributed by atoms with van der Waals surface area (Å²) in [5.74, 6) is 0.937. The molecule has 1 aromatic heterocycles. The minimum absolute atomic E-state index is 0.277. The van der Waals surface area contributed by atoms with Crippen LogP contribution < -0.4 is 15.5 Å². The molecular formula is C24H27N5O. The third-order valence-corrected chi connectivity index (χ3v) is 5.27. The molecule has 0 atom stereocenters. The molecule has 2 N–H and O–H groups in total. The fourth-order valence-corrected chi connectivity index (χ4v) is 3.72. The molecule has 2 aromatic carbocycles. The van der Waals surface area contributed by atoms with E-state index < -0.39 is 0 Å². The van der Waals surface area contributed by atoms with Gasteiger partial charge in [-0.2, -0.15) is 0 Å². The first-order valence-electron chi connectivity index (χ1n) is 10.5. The van der Waals surface area contributed by atoms with E-state index >= 15 is 0 Å². The number of urea groups is 1. The zero-order valence-electron chi connectivity index (χ0n) is 17.3. The third kappa shape index (κ3) is 5.14. The number of hydrogen-bond donors (Lipinski definition) is 2. The van der Waals surface area contributed by atoms with E-state index in [2.05, 4.69) is 25.7 Å². The van der Waals surface area contributed by atoms with Crippen molar-refractivity contribution in [3.8, 4) is 11.3 Å². The summed E-state index contributed by atoms with van der Waals surface area (Å²) in [6.45, 7) is 4.08. The molecule has 0 saturated carbocycles. The van der Waals surface area contributed by atoms with Crippen molar-refractivity contribution in [2.75, 3.05) is 28.6 Å². The lowest BCUT2D eigenvalue weighted by Gasteiger charge is -2.20. The van der Waals surface area contributed by atoms with Crippen LogP contribution in [0, 0.1) is 6.92 Å². The summed E-state index contributed by atoms with van der Waals surface area (Å²) >= 11 is 0. The van der Waals surface area contributed by atoms with Crippen LogP contribution in [0.5, 0.6) is 0 Å². The number of benzene rings is 2. The van der Waals surface area contributed by atoms with Gasteiger partial charge >= 0.3 is 6.03 Å². The molecule has 0 spiro atoms. The van der Waals surface area contributed by atoms with Crippen LogP contribution >= 0.6 is 0 Å². The number of amides is 2. The van der Waals surface area contributed by atoms with Crippen molar-refractivity contribution < 1.29 is 4.79 Å². The molecule has 4 rings (SSSR count). The first-order valence-corrected chi connectivity index (χ1v) is 10.5. The fraction of sp³-hybridized carbons (Fsp3) is 0.292. The Kier molecular flexibility index (Phi) is 6.23. The van der Waals surface area contributed by atoms with Gasteiger partial charge < -0.3 is 15.5 Å². The number of carbonyl (C=O) groups excluding carboxylic acids is 1. The average Bonchev–Trinajstić information content (AvgIpc) is 3.04. The highest BCUT2D eigenvalue weighted by Gasteiger charge is 2.12. The summed E-state index contributed by atoms with van der Waals surface area (Å²) < 4.78 is 0. The number of hydrogen-bond acceptors (Lipinski definition) is 4. The molecule has 0 aliphatic carbocycles. The highest BCUT2D eigenvalue weighted by Crippen LogP contribution is 2.23. The maximum absolute atomic E-state index is 12.3. The van der Waals surface area contributed by atoms with Crippen LogP contribution in [-0.2, 0) is 0 Å². The van der Waals surface area contributed by atoms with Crippen molar-refractivity contribution in [1.29, 1.82) is 0 Å². The largest absolute Gasteiger partial charge is 0.355 e. The van der Waals surface area contributed by atoms with E-state index in [-0.39, 0.29) is 6.03 Å². The molecule has 154 valence electrons. The molecule has 1 aliphatic rings. The van der Waals surface area contributed by atoms with Crippen molar-refractivity contribution in [1.82, 2.24) is 10.2 Å². The molecule has 1 fully saturated rings. The molecule has 30 heavy (non-hydrogen) atoms. The third-order valence-electron chi connectivity index (χ3n) is 5.27. The van der Waals surface area contributed by atoms with Crippen LogP contribution in [0.25, 0.3) is 11.3 Å². The predicted octanol–water partition coefficient (Wildman–Crippen LogP) is 5.48. The molecule has 0 radical (unpaired) electrons. The Morgan fingerprint density at radius 2 is 1.53 bits per heavy atom. The first-order chi connectivity index (χ1) is 14.7. The first kappa shape index (κ1) is 19.9. The van der Waals surface area contributed by atoms with E-state index in [0.717, 1.165) is 41.4 Å².